The minimum absolute atomic E-state index is 0.0287. The summed E-state index contributed by atoms with van der Waals surface area (Å²) in [5.41, 5.74) is 0.988. The molecule has 0 saturated heterocycles. The number of benzene rings is 2. The summed E-state index contributed by atoms with van der Waals surface area (Å²) in [6.45, 7) is 0. The summed E-state index contributed by atoms with van der Waals surface area (Å²) in [6, 6.07) is 9.01. The molecule has 130 valence electrons. The summed E-state index contributed by atoms with van der Waals surface area (Å²) >= 11 is 7.21. The number of anilines is 2. The summed E-state index contributed by atoms with van der Waals surface area (Å²) in [7, 11) is 1.39. The molecular formula is C17H14ClFN2O3S. The number of carbonyl (C=O) groups excluding carboxylic acids is 2. The van der Waals surface area contributed by atoms with Gasteiger partial charge >= 0.3 is 0 Å². The Morgan fingerprint density at radius 2 is 2.16 bits per heavy atom. The lowest BCUT2D eigenvalue weighted by Crippen LogP contribution is -2.32. The van der Waals surface area contributed by atoms with Crippen molar-refractivity contribution in [2.75, 3.05) is 17.7 Å². The molecule has 0 fully saturated rings. The molecule has 1 heterocycles. The van der Waals surface area contributed by atoms with Gasteiger partial charge in [-0.3, -0.25) is 9.59 Å². The molecule has 0 aromatic heterocycles. The fraction of sp³-hybridized carbons (Fsp3) is 0.176. The Bertz CT molecular complexity index is 847. The van der Waals surface area contributed by atoms with E-state index in [0.29, 0.717) is 16.4 Å². The molecule has 0 saturated carbocycles. The van der Waals surface area contributed by atoms with Gasteiger partial charge in [-0.1, -0.05) is 11.6 Å². The first kappa shape index (κ1) is 17.6. The second kappa shape index (κ2) is 7.33. The van der Waals surface area contributed by atoms with Crippen LogP contribution in [-0.2, 0) is 9.59 Å². The van der Waals surface area contributed by atoms with E-state index in [4.69, 9.17) is 16.3 Å². The number of nitrogens with one attached hydrogen (secondary N) is 2. The highest BCUT2D eigenvalue weighted by Crippen LogP contribution is 2.38. The summed E-state index contributed by atoms with van der Waals surface area (Å²) in [5.74, 6) is -0.877. The van der Waals surface area contributed by atoms with Crippen molar-refractivity contribution >= 4 is 46.6 Å². The summed E-state index contributed by atoms with van der Waals surface area (Å²) in [6.07, 6.45) is -0.0287. The van der Waals surface area contributed by atoms with Crippen LogP contribution in [0.5, 0.6) is 5.75 Å². The SMILES string of the molecule is COc1cc(F)ccc1NC(=O)CC1Sc2ccc(Cl)cc2NC1=O. The van der Waals surface area contributed by atoms with Gasteiger partial charge in [-0.15, -0.1) is 11.8 Å². The Morgan fingerprint density at radius 3 is 2.92 bits per heavy atom. The van der Waals surface area contributed by atoms with Crippen molar-refractivity contribution in [2.24, 2.45) is 0 Å². The number of methoxy groups -OCH3 is 1. The molecule has 5 nitrogen and oxygen atoms in total. The zero-order chi connectivity index (χ0) is 18.0. The van der Waals surface area contributed by atoms with E-state index >= 15 is 0 Å². The third-order valence-electron chi connectivity index (χ3n) is 3.57. The summed E-state index contributed by atoms with van der Waals surface area (Å²) in [5, 5.41) is 5.35. The third-order valence-corrected chi connectivity index (χ3v) is 5.08. The molecular weight excluding hydrogens is 367 g/mol. The predicted octanol–water partition coefficient (Wildman–Crippen LogP) is 3.93. The normalized spacial score (nSPS) is 16.0. The molecule has 1 atom stereocenters. The number of hydrogen-bond donors (Lipinski definition) is 2. The highest BCUT2D eigenvalue weighted by molar-refractivity contribution is 8.01. The Hall–Kier alpha value is -2.25. The van der Waals surface area contributed by atoms with E-state index in [1.54, 1.807) is 18.2 Å². The average molecular weight is 381 g/mol. The van der Waals surface area contributed by atoms with Crippen LogP contribution in [0.15, 0.2) is 41.3 Å². The predicted molar refractivity (Wildman–Crippen MR) is 95.9 cm³/mol. The van der Waals surface area contributed by atoms with E-state index < -0.39 is 11.1 Å². The van der Waals surface area contributed by atoms with Crippen LogP contribution in [0.1, 0.15) is 6.42 Å². The Labute approximate surface area is 152 Å². The lowest BCUT2D eigenvalue weighted by Gasteiger charge is -2.24. The first-order valence-corrected chi connectivity index (χ1v) is 8.62. The van der Waals surface area contributed by atoms with Gasteiger partial charge in [0.05, 0.1) is 23.7 Å². The first-order valence-electron chi connectivity index (χ1n) is 7.36. The molecule has 0 bridgehead atoms. The van der Waals surface area contributed by atoms with Gasteiger partial charge in [0.1, 0.15) is 11.6 Å². The molecule has 2 aromatic carbocycles. The van der Waals surface area contributed by atoms with Crippen LogP contribution in [-0.4, -0.2) is 24.2 Å². The molecule has 0 aliphatic carbocycles. The number of halogens is 2. The van der Waals surface area contributed by atoms with Crippen LogP contribution < -0.4 is 15.4 Å². The maximum absolute atomic E-state index is 13.2. The maximum atomic E-state index is 13.2. The lowest BCUT2D eigenvalue weighted by molar-refractivity contribution is -0.120. The van der Waals surface area contributed by atoms with Crippen LogP contribution in [0.3, 0.4) is 0 Å². The number of carbonyl (C=O) groups is 2. The standard InChI is InChI=1S/C17H14ClFN2O3S/c1-24-13-7-10(19)3-4-11(13)20-16(22)8-15-17(23)21-12-6-9(18)2-5-14(12)25-15/h2-7,15H,8H2,1H3,(H,20,22)(H,21,23). The molecule has 0 radical (unpaired) electrons. The van der Waals surface area contributed by atoms with Crippen LogP contribution in [0.4, 0.5) is 15.8 Å². The van der Waals surface area contributed by atoms with Gasteiger partial charge in [0.2, 0.25) is 11.8 Å². The van der Waals surface area contributed by atoms with E-state index in [1.807, 2.05) is 0 Å². The van der Waals surface area contributed by atoms with Crippen molar-refractivity contribution < 1.29 is 18.7 Å². The highest BCUT2D eigenvalue weighted by atomic mass is 35.5. The molecule has 0 spiro atoms. The zero-order valence-corrected chi connectivity index (χ0v) is 14.7. The average Bonchev–Trinajstić information content (AvgIpc) is 2.57. The van der Waals surface area contributed by atoms with Crippen LogP contribution >= 0.6 is 23.4 Å². The molecule has 2 N–H and O–H groups in total. The van der Waals surface area contributed by atoms with E-state index in [1.165, 1.54) is 37.1 Å². The van der Waals surface area contributed by atoms with E-state index in [-0.39, 0.29) is 24.0 Å². The van der Waals surface area contributed by atoms with Gasteiger partial charge in [0.15, 0.2) is 0 Å². The number of ether oxygens (including phenoxy) is 1. The number of amides is 2. The zero-order valence-electron chi connectivity index (χ0n) is 13.1. The molecule has 3 rings (SSSR count). The van der Waals surface area contributed by atoms with Crippen LogP contribution in [0, 0.1) is 5.82 Å². The second-order valence-electron chi connectivity index (χ2n) is 5.33. The van der Waals surface area contributed by atoms with Gasteiger partial charge in [0.25, 0.3) is 0 Å². The van der Waals surface area contributed by atoms with Gasteiger partial charge in [-0.2, -0.15) is 0 Å². The van der Waals surface area contributed by atoms with Crippen molar-refractivity contribution in [1.29, 1.82) is 0 Å². The van der Waals surface area contributed by atoms with Crippen molar-refractivity contribution in [2.45, 2.75) is 16.6 Å². The highest BCUT2D eigenvalue weighted by Gasteiger charge is 2.29. The Morgan fingerprint density at radius 1 is 1.36 bits per heavy atom. The van der Waals surface area contributed by atoms with Gasteiger partial charge in [-0.25, -0.2) is 4.39 Å². The molecule has 1 aliphatic heterocycles. The third kappa shape index (κ3) is 4.05. The van der Waals surface area contributed by atoms with E-state index in [0.717, 1.165) is 4.90 Å². The number of fused-ring (bicyclic) bond motifs is 1. The van der Waals surface area contributed by atoms with Crippen LogP contribution in [0.25, 0.3) is 0 Å². The minimum atomic E-state index is -0.569. The molecule has 1 aliphatic rings. The second-order valence-corrected chi connectivity index (χ2v) is 7.01. The van der Waals surface area contributed by atoms with Crippen molar-refractivity contribution in [3.8, 4) is 5.75 Å². The smallest absolute Gasteiger partial charge is 0.238 e. The Balaban J connectivity index is 1.69. The lowest BCUT2D eigenvalue weighted by atomic mass is 10.2. The number of hydrogen-bond acceptors (Lipinski definition) is 4. The summed E-state index contributed by atoms with van der Waals surface area (Å²) < 4.78 is 18.3. The Kier molecular flexibility index (Phi) is 5.15. The largest absolute Gasteiger partial charge is 0.494 e. The monoisotopic (exact) mass is 380 g/mol. The topological polar surface area (TPSA) is 67.4 Å². The fourth-order valence-electron chi connectivity index (χ4n) is 2.39. The molecule has 2 amide bonds. The van der Waals surface area contributed by atoms with E-state index in [9.17, 15) is 14.0 Å². The van der Waals surface area contributed by atoms with Crippen LogP contribution in [0.2, 0.25) is 5.02 Å². The van der Waals surface area contributed by atoms with Gasteiger partial charge < -0.3 is 15.4 Å². The van der Waals surface area contributed by atoms with E-state index in [2.05, 4.69) is 10.6 Å². The molecule has 25 heavy (non-hydrogen) atoms. The number of rotatable bonds is 4. The quantitative estimate of drug-likeness (QED) is 0.843. The summed E-state index contributed by atoms with van der Waals surface area (Å²) in [4.78, 5) is 25.3. The van der Waals surface area contributed by atoms with Crippen molar-refractivity contribution in [3.63, 3.8) is 0 Å². The maximum Gasteiger partial charge on any atom is 0.238 e. The van der Waals surface area contributed by atoms with Crippen molar-refractivity contribution in [1.82, 2.24) is 0 Å². The molecule has 1 unspecified atom stereocenters. The van der Waals surface area contributed by atoms with Gasteiger partial charge in [-0.05, 0) is 30.3 Å². The molecule has 2 aromatic rings. The fourth-order valence-corrected chi connectivity index (χ4v) is 3.66. The molecule has 8 heteroatoms. The van der Waals surface area contributed by atoms with Gasteiger partial charge in [0, 0.05) is 22.4 Å². The first-order chi connectivity index (χ1) is 12.0. The van der Waals surface area contributed by atoms with Crippen molar-refractivity contribution in [3.05, 3.63) is 47.2 Å². The number of thioether (sulfide) groups is 1. The minimum Gasteiger partial charge on any atom is -0.494 e.